The van der Waals surface area contributed by atoms with Crippen molar-refractivity contribution in [3.8, 4) is 5.06 Å². The van der Waals surface area contributed by atoms with Crippen molar-refractivity contribution in [1.29, 1.82) is 0 Å². The standard InChI is InChI=1S/C24H28BrN3O4S/c1-14-8-15(2)12-27(11-14)23(30)19-5-4-18(9-16(19)3)28-13-17(10-21(28)29)26-24(31)32-22-7-6-20(25)33-22/h4-7,9,14-15,17H,8,10-13H2,1-3H3,(H,26,31). The van der Waals surface area contributed by atoms with E-state index in [0.29, 0.717) is 29.0 Å². The fourth-order valence-electron chi connectivity index (χ4n) is 4.75. The molecule has 2 fully saturated rings. The lowest BCUT2D eigenvalue weighted by molar-refractivity contribution is -0.117. The molecular weight excluding hydrogens is 506 g/mol. The van der Waals surface area contributed by atoms with E-state index in [0.717, 1.165) is 34.5 Å². The van der Waals surface area contributed by atoms with E-state index in [4.69, 9.17) is 4.74 Å². The SMILES string of the molecule is Cc1cc(N2CC(NC(=O)Oc3ccc(Br)s3)CC2=O)ccc1C(=O)N1CC(C)CC(C)C1. The lowest BCUT2D eigenvalue weighted by atomic mass is 9.91. The van der Waals surface area contributed by atoms with Gasteiger partial charge in [0.25, 0.3) is 5.91 Å². The number of ether oxygens (including phenoxy) is 1. The predicted octanol–water partition coefficient (Wildman–Crippen LogP) is 4.83. The summed E-state index contributed by atoms with van der Waals surface area (Å²) in [7, 11) is 0. The number of anilines is 1. The van der Waals surface area contributed by atoms with Crippen molar-refractivity contribution in [3.05, 3.63) is 45.2 Å². The zero-order chi connectivity index (χ0) is 23.7. The summed E-state index contributed by atoms with van der Waals surface area (Å²) in [5.41, 5.74) is 2.25. The average molecular weight is 534 g/mol. The molecule has 1 aromatic carbocycles. The second-order valence-corrected chi connectivity index (χ2v) is 11.6. The highest BCUT2D eigenvalue weighted by atomic mass is 79.9. The van der Waals surface area contributed by atoms with Gasteiger partial charge >= 0.3 is 6.09 Å². The van der Waals surface area contributed by atoms with Crippen LogP contribution in [0, 0.1) is 18.8 Å². The fraction of sp³-hybridized carbons (Fsp3) is 0.458. The van der Waals surface area contributed by atoms with E-state index in [-0.39, 0.29) is 24.3 Å². The van der Waals surface area contributed by atoms with Crippen LogP contribution in [-0.2, 0) is 4.79 Å². The maximum atomic E-state index is 13.1. The molecular formula is C24H28BrN3O4S. The summed E-state index contributed by atoms with van der Waals surface area (Å²) in [6.45, 7) is 8.19. The molecule has 0 bridgehead atoms. The lowest BCUT2D eigenvalue weighted by Crippen LogP contribution is -2.42. The summed E-state index contributed by atoms with van der Waals surface area (Å²) < 4.78 is 6.14. The number of aryl methyl sites for hydroxylation is 1. The van der Waals surface area contributed by atoms with Gasteiger partial charge in [-0.25, -0.2) is 4.79 Å². The zero-order valence-corrected chi connectivity index (χ0v) is 21.4. The highest BCUT2D eigenvalue weighted by Crippen LogP contribution is 2.29. The number of nitrogens with zero attached hydrogens (tertiary/aromatic N) is 2. The predicted molar refractivity (Wildman–Crippen MR) is 132 cm³/mol. The Morgan fingerprint density at radius 3 is 2.48 bits per heavy atom. The summed E-state index contributed by atoms with van der Waals surface area (Å²) >= 11 is 4.64. The van der Waals surface area contributed by atoms with Crippen LogP contribution in [0.3, 0.4) is 0 Å². The number of benzene rings is 1. The van der Waals surface area contributed by atoms with E-state index < -0.39 is 6.09 Å². The van der Waals surface area contributed by atoms with Gasteiger partial charge in [0.15, 0.2) is 5.06 Å². The van der Waals surface area contributed by atoms with Crippen LogP contribution in [0.4, 0.5) is 10.5 Å². The number of thiophene rings is 1. The molecule has 4 rings (SSSR count). The summed E-state index contributed by atoms with van der Waals surface area (Å²) in [5, 5.41) is 3.25. The number of carbonyl (C=O) groups excluding carboxylic acids is 3. The van der Waals surface area contributed by atoms with Gasteiger partial charge in [0.2, 0.25) is 5.91 Å². The van der Waals surface area contributed by atoms with Gasteiger partial charge in [0, 0.05) is 37.3 Å². The quantitative estimate of drug-likeness (QED) is 0.610. The molecule has 176 valence electrons. The summed E-state index contributed by atoms with van der Waals surface area (Å²) in [4.78, 5) is 41.5. The molecule has 2 aliphatic heterocycles. The van der Waals surface area contributed by atoms with Gasteiger partial charge in [0.05, 0.1) is 9.83 Å². The Bertz CT molecular complexity index is 1060. The second-order valence-electron chi connectivity index (χ2n) is 9.15. The molecule has 1 N–H and O–H groups in total. The number of hydrogen-bond acceptors (Lipinski definition) is 5. The Hall–Kier alpha value is -2.39. The number of amides is 3. The van der Waals surface area contributed by atoms with Crippen molar-refractivity contribution >= 4 is 50.9 Å². The van der Waals surface area contributed by atoms with Crippen LogP contribution in [0.5, 0.6) is 5.06 Å². The van der Waals surface area contributed by atoms with E-state index in [1.807, 2.05) is 30.0 Å². The maximum absolute atomic E-state index is 13.1. The molecule has 9 heteroatoms. The van der Waals surface area contributed by atoms with Crippen molar-refractivity contribution in [1.82, 2.24) is 10.2 Å². The average Bonchev–Trinajstić information content (AvgIpc) is 3.31. The van der Waals surface area contributed by atoms with Crippen LogP contribution >= 0.6 is 27.3 Å². The van der Waals surface area contributed by atoms with E-state index in [2.05, 4.69) is 35.1 Å². The molecule has 0 aliphatic carbocycles. The number of halogens is 1. The van der Waals surface area contributed by atoms with Crippen LogP contribution in [-0.4, -0.2) is 48.5 Å². The molecule has 3 heterocycles. The van der Waals surface area contributed by atoms with Crippen molar-refractivity contribution in [3.63, 3.8) is 0 Å². The largest absolute Gasteiger partial charge is 0.413 e. The molecule has 3 amide bonds. The number of piperidine rings is 1. The van der Waals surface area contributed by atoms with Crippen molar-refractivity contribution < 1.29 is 19.1 Å². The Balaban J connectivity index is 1.39. The number of nitrogens with one attached hydrogen (secondary N) is 1. The van der Waals surface area contributed by atoms with Gasteiger partial charge in [0.1, 0.15) is 0 Å². The van der Waals surface area contributed by atoms with Crippen LogP contribution in [0.25, 0.3) is 0 Å². The summed E-state index contributed by atoms with van der Waals surface area (Å²) in [6.07, 6.45) is 0.768. The molecule has 2 saturated heterocycles. The highest BCUT2D eigenvalue weighted by molar-refractivity contribution is 9.11. The first-order valence-corrected chi connectivity index (χ1v) is 12.7. The van der Waals surface area contributed by atoms with Gasteiger partial charge in [-0.05, 0) is 77.0 Å². The Morgan fingerprint density at radius 1 is 1.12 bits per heavy atom. The number of hydrogen-bond donors (Lipinski definition) is 1. The smallest absolute Gasteiger partial charge is 0.399 e. The third-order valence-electron chi connectivity index (χ3n) is 6.10. The third kappa shape index (κ3) is 5.58. The monoisotopic (exact) mass is 533 g/mol. The second kappa shape index (κ2) is 9.85. The normalized spacial score (nSPS) is 23.0. The Kier molecular flexibility index (Phi) is 7.09. The van der Waals surface area contributed by atoms with Crippen molar-refractivity contribution in [2.45, 2.75) is 39.7 Å². The minimum absolute atomic E-state index is 0.0488. The van der Waals surface area contributed by atoms with Gasteiger partial charge in [-0.3, -0.25) is 9.59 Å². The van der Waals surface area contributed by atoms with Gasteiger partial charge < -0.3 is 19.9 Å². The van der Waals surface area contributed by atoms with Crippen molar-refractivity contribution in [2.75, 3.05) is 24.5 Å². The molecule has 2 aromatic rings. The molecule has 2 aliphatic rings. The van der Waals surface area contributed by atoms with E-state index in [1.165, 1.54) is 11.3 Å². The zero-order valence-electron chi connectivity index (χ0n) is 19.0. The Morgan fingerprint density at radius 2 is 1.85 bits per heavy atom. The molecule has 0 saturated carbocycles. The van der Waals surface area contributed by atoms with E-state index >= 15 is 0 Å². The molecule has 0 radical (unpaired) electrons. The van der Waals surface area contributed by atoms with Gasteiger partial charge in [-0.2, -0.15) is 0 Å². The van der Waals surface area contributed by atoms with E-state index in [9.17, 15) is 14.4 Å². The summed E-state index contributed by atoms with van der Waals surface area (Å²) in [6, 6.07) is 8.68. The summed E-state index contributed by atoms with van der Waals surface area (Å²) in [5.74, 6) is 0.970. The minimum Gasteiger partial charge on any atom is -0.399 e. The molecule has 3 atom stereocenters. The molecule has 7 nitrogen and oxygen atoms in total. The minimum atomic E-state index is -0.578. The number of carbonyl (C=O) groups is 3. The van der Waals surface area contributed by atoms with Crippen LogP contribution in [0.15, 0.2) is 34.1 Å². The van der Waals surface area contributed by atoms with Crippen molar-refractivity contribution in [2.24, 2.45) is 11.8 Å². The number of rotatable bonds is 4. The molecule has 3 unspecified atom stereocenters. The van der Waals surface area contributed by atoms with Gasteiger partial charge in [-0.15, -0.1) is 0 Å². The first kappa shape index (κ1) is 23.8. The number of likely N-dealkylation sites (tertiary alicyclic amines) is 1. The van der Waals surface area contributed by atoms with Crippen LogP contribution in [0.1, 0.15) is 42.6 Å². The topological polar surface area (TPSA) is 79.0 Å². The Labute approximate surface area is 206 Å². The van der Waals surface area contributed by atoms with Crippen LogP contribution < -0.4 is 15.0 Å². The maximum Gasteiger partial charge on any atom is 0.413 e. The third-order valence-corrected chi connectivity index (χ3v) is 7.60. The highest BCUT2D eigenvalue weighted by Gasteiger charge is 2.33. The molecule has 33 heavy (non-hydrogen) atoms. The first-order valence-electron chi connectivity index (χ1n) is 11.1. The van der Waals surface area contributed by atoms with Crippen LogP contribution in [0.2, 0.25) is 0 Å². The molecule has 0 spiro atoms. The lowest BCUT2D eigenvalue weighted by Gasteiger charge is -2.35. The molecule has 1 aromatic heterocycles. The van der Waals surface area contributed by atoms with E-state index in [1.54, 1.807) is 17.0 Å². The first-order chi connectivity index (χ1) is 15.7. The van der Waals surface area contributed by atoms with Gasteiger partial charge in [-0.1, -0.05) is 25.2 Å². The fourth-order valence-corrected chi connectivity index (χ4v) is 5.94.